The number of phenols is 1. The molecule has 1 heterocycles. The second-order valence-corrected chi connectivity index (χ2v) is 4.50. The van der Waals surface area contributed by atoms with Crippen LogP contribution in [0.2, 0.25) is 5.02 Å². The minimum absolute atomic E-state index is 0.268. The van der Waals surface area contributed by atoms with Gasteiger partial charge in [-0.15, -0.1) is 11.8 Å². The summed E-state index contributed by atoms with van der Waals surface area (Å²) in [7, 11) is 0. The molecule has 16 heavy (non-hydrogen) atoms. The number of halogens is 1. The molecule has 0 aliphatic carbocycles. The molecule has 4 heteroatoms. The van der Waals surface area contributed by atoms with E-state index >= 15 is 0 Å². The number of thioether (sulfide) groups is 1. The smallest absolute Gasteiger partial charge is 0.138 e. The number of phenolic OH excluding ortho intramolecular Hbond substituents is 1. The monoisotopic (exact) mass is 251 g/mol. The Morgan fingerprint density at radius 3 is 2.69 bits per heavy atom. The topological polar surface area (TPSA) is 33.1 Å². The number of aromatic hydroxyl groups is 1. The third-order valence-electron chi connectivity index (χ3n) is 2.22. The molecule has 1 N–H and O–H groups in total. The summed E-state index contributed by atoms with van der Waals surface area (Å²) in [5, 5.41) is 10.6. The van der Waals surface area contributed by atoms with Gasteiger partial charge in [0.05, 0.1) is 10.7 Å². The molecule has 0 aliphatic heterocycles. The highest BCUT2D eigenvalue weighted by Crippen LogP contribution is 2.35. The SMILES string of the molecule is CSc1cccc(-c2ccc(Cl)cn2)c1O. The quantitative estimate of drug-likeness (QED) is 0.824. The molecule has 0 saturated carbocycles. The molecule has 82 valence electrons. The first kappa shape index (κ1) is 11.3. The summed E-state index contributed by atoms with van der Waals surface area (Å²) >= 11 is 7.27. The van der Waals surface area contributed by atoms with E-state index in [-0.39, 0.29) is 5.75 Å². The molecule has 0 unspecified atom stereocenters. The van der Waals surface area contributed by atoms with Crippen molar-refractivity contribution >= 4 is 23.4 Å². The van der Waals surface area contributed by atoms with Crippen LogP contribution in [0.4, 0.5) is 0 Å². The van der Waals surface area contributed by atoms with Crippen molar-refractivity contribution in [2.75, 3.05) is 6.26 Å². The standard InChI is InChI=1S/C12H10ClNOS/c1-16-11-4-2-3-9(12(11)15)10-6-5-8(13)7-14-10/h2-7,15H,1H3. The Hall–Kier alpha value is -1.19. The Bertz CT molecular complexity index is 499. The molecule has 2 aromatic rings. The number of nitrogens with zero attached hydrogens (tertiary/aromatic N) is 1. The maximum atomic E-state index is 10.0. The van der Waals surface area contributed by atoms with E-state index in [0.29, 0.717) is 5.02 Å². The predicted octanol–water partition coefficient (Wildman–Crippen LogP) is 3.83. The van der Waals surface area contributed by atoms with Gasteiger partial charge in [-0.1, -0.05) is 17.7 Å². The van der Waals surface area contributed by atoms with Crippen LogP contribution in [0.25, 0.3) is 11.3 Å². The highest BCUT2D eigenvalue weighted by atomic mass is 35.5. The molecule has 0 aliphatic rings. The largest absolute Gasteiger partial charge is 0.506 e. The van der Waals surface area contributed by atoms with E-state index in [1.54, 1.807) is 18.3 Å². The lowest BCUT2D eigenvalue weighted by atomic mass is 10.1. The lowest BCUT2D eigenvalue weighted by Crippen LogP contribution is -1.84. The van der Waals surface area contributed by atoms with Gasteiger partial charge in [0, 0.05) is 16.7 Å². The third kappa shape index (κ3) is 2.15. The minimum Gasteiger partial charge on any atom is -0.506 e. The number of rotatable bonds is 2. The van der Waals surface area contributed by atoms with Gasteiger partial charge < -0.3 is 5.11 Å². The van der Waals surface area contributed by atoms with Crippen molar-refractivity contribution in [1.82, 2.24) is 4.98 Å². The third-order valence-corrected chi connectivity index (χ3v) is 3.22. The van der Waals surface area contributed by atoms with Crippen LogP contribution >= 0.6 is 23.4 Å². The Balaban J connectivity index is 2.51. The Morgan fingerprint density at radius 1 is 1.25 bits per heavy atom. The molecule has 0 atom stereocenters. The van der Waals surface area contributed by atoms with Crippen LogP contribution in [0.15, 0.2) is 41.4 Å². The van der Waals surface area contributed by atoms with Crippen LogP contribution < -0.4 is 0 Å². The van der Waals surface area contributed by atoms with Crippen LogP contribution in [0.5, 0.6) is 5.75 Å². The van der Waals surface area contributed by atoms with E-state index in [0.717, 1.165) is 16.2 Å². The van der Waals surface area contributed by atoms with Crippen molar-refractivity contribution in [3.05, 3.63) is 41.6 Å². The van der Waals surface area contributed by atoms with Crippen molar-refractivity contribution in [3.8, 4) is 17.0 Å². The Labute approximate surface area is 103 Å². The van der Waals surface area contributed by atoms with E-state index in [9.17, 15) is 5.11 Å². The van der Waals surface area contributed by atoms with Gasteiger partial charge in [-0.3, -0.25) is 4.98 Å². The fourth-order valence-electron chi connectivity index (χ4n) is 1.43. The summed E-state index contributed by atoms with van der Waals surface area (Å²) < 4.78 is 0. The first-order valence-corrected chi connectivity index (χ1v) is 6.30. The van der Waals surface area contributed by atoms with Crippen LogP contribution in [-0.4, -0.2) is 16.3 Å². The first-order valence-electron chi connectivity index (χ1n) is 4.70. The van der Waals surface area contributed by atoms with Crippen LogP contribution in [-0.2, 0) is 0 Å². The van der Waals surface area contributed by atoms with Gasteiger partial charge in [0.1, 0.15) is 5.75 Å². The zero-order valence-corrected chi connectivity index (χ0v) is 10.2. The van der Waals surface area contributed by atoms with Crippen molar-refractivity contribution < 1.29 is 5.11 Å². The van der Waals surface area contributed by atoms with Gasteiger partial charge in [0.2, 0.25) is 0 Å². The maximum Gasteiger partial charge on any atom is 0.138 e. The van der Waals surface area contributed by atoms with Crippen molar-refractivity contribution in [2.45, 2.75) is 4.90 Å². The van der Waals surface area contributed by atoms with E-state index < -0.39 is 0 Å². The molecule has 0 saturated heterocycles. The molecule has 0 amide bonds. The lowest BCUT2D eigenvalue weighted by Gasteiger charge is -2.07. The molecule has 0 bridgehead atoms. The lowest BCUT2D eigenvalue weighted by molar-refractivity contribution is 0.464. The molecule has 0 fully saturated rings. The van der Waals surface area contributed by atoms with Crippen LogP contribution in [0, 0.1) is 0 Å². The van der Waals surface area contributed by atoms with Crippen molar-refractivity contribution in [3.63, 3.8) is 0 Å². The molecule has 1 aromatic carbocycles. The Kier molecular flexibility index (Phi) is 3.36. The highest BCUT2D eigenvalue weighted by Gasteiger charge is 2.08. The average Bonchev–Trinajstić information content (AvgIpc) is 2.31. The summed E-state index contributed by atoms with van der Waals surface area (Å²) in [4.78, 5) is 5.03. The van der Waals surface area contributed by atoms with Crippen molar-refractivity contribution in [1.29, 1.82) is 0 Å². The van der Waals surface area contributed by atoms with Crippen LogP contribution in [0.3, 0.4) is 0 Å². The number of hydrogen-bond acceptors (Lipinski definition) is 3. The van der Waals surface area contributed by atoms with Gasteiger partial charge in [0.15, 0.2) is 0 Å². The van der Waals surface area contributed by atoms with Gasteiger partial charge in [0.25, 0.3) is 0 Å². The summed E-state index contributed by atoms with van der Waals surface area (Å²) in [6.07, 6.45) is 3.50. The molecular weight excluding hydrogens is 242 g/mol. The first-order chi connectivity index (χ1) is 7.72. The van der Waals surface area contributed by atoms with Gasteiger partial charge in [-0.05, 0) is 30.5 Å². The van der Waals surface area contributed by atoms with E-state index in [1.807, 2.05) is 24.5 Å². The molecule has 0 radical (unpaired) electrons. The molecule has 2 nitrogen and oxygen atoms in total. The fourth-order valence-corrected chi connectivity index (χ4v) is 2.06. The zero-order chi connectivity index (χ0) is 11.5. The van der Waals surface area contributed by atoms with E-state index in [4.69, 9.17) is 11.6 Å². The number of aromatic nitrogens is 1. The number of pyridine rings is 1. The zero-order valence-electron chi connectivity index (χ0n) is 8.64. The van der Waals surface area contributed by atoms with Gasteiger partial charge >= 0.3 is 0 Å². The van der Waals surface area contributed by atoms with Gasteiger partial charge in [-0.25, -0.2) is 0 Å². The minimum atomic E-state index is 0.268. The Morgan fingerprint density at radius 2 is 2.06 bits per heavy atom. The molecule has 1 aromatic heterocycles. The molecular formula is C12H10ClNOS. The van der Waals surface area contributed by atoms with Gasteiger partial charge in [-0.2, -0.15) is 0 Å². The summed E-state index contributed by atoms with van der Waals surface area (Å²) in [6, 6.07) is 9.17. The molecule has 2 rings (SSSR count). The predicted molar refractivity (Wildman–Crippen MR) is 68.1 cm³/mol. The fraction of sp³-hybridized carbons (Fsp3) is 0.0833. The summed E-state index contributed by atoms with van der Waals surface area (Å²) in [5.41, 5.74) is 1.45. The number of benzene rings is 1. The van der Waals surface area contributed by atoms with Crippen molar-refractivity contribution in [2.24, 2.45) is 0 Å². The molecule has 0 spiro atoms. The normalized spacial score (nSPS) is 10.4. The number of para-hydroxylation sites is 1. The second-order valence-electron chi connectivity index (χ2n) is 3.22. The van der Waals surface area contributed by atoms with E-state index in [1.165, 1.54) is 11.8 Å². The van der Waals surface area contributed by atoms with Crippen LogP contribution in [0.1, 0.15) is 0 Å². The van der Waals surface area contributed by atoms with E-state index in [2.05, 4.69) is 4.98 Å². The average molecular weight is 252 g/mol. The number of hydrogen-bond donors (Lipinski definition) is 1. The highest BCUT2D eigenvalue weighted by molar-refractivity contribution is 7.98. The summed E-state index contributed by atoms with van der Waals surface area (Å²) in [5.74, 6) is 0.268. The second kappa shape index (κ2) is 4.76. The summed E-state index contributed by atoms with van der Waals surface area (Å²) in [6.45, 7) is 0. The maximum absolute atomic E-state index is 10.0.